The molecule has 0 aromatic heterocycles. The van der Waals surface area contributed by atoms with Crippen LogP contribution in [0.25, 0.3) is 0 Å². The molecular formula is C11H22N2O2S. The molecule has 0 radical (unpaired) electrons. The first-order valence-electron chi connectivity index (χ1n) is 6.18. The molecule has 4 nitrogen and oxygen atoms in total. The van der Waals surface area contributed by atoms with Crippen LogP contribution in [0.5, 0.6) is 0 Å². The second-order valence-corrected chi connectivity index (χ2v) is 7.40. The Kier molecular flexibility index (Phi) is 3.29. The van der Waals surface area contributed by atoms with Crippen molar-refractivity contribution in [2.45, 2.75) is 57.3 Å². The molecule has 0 amide bonds. The van der Waals surface area contributed by atoms with Crippen molar-refractivity contribution in [1.29, 1.82) is 0 Å². The van der Waals surface area contributed by atoms with Gasteiger partial charge in [0.2, 0.25) is 0 Å². The summed E-state index contributed by atoms with van der Waals surface area (Å²) in [5.41, 5.74) is 5.99. The minimum Gasteiger partial charge on any atom is -0.325 e. The van der Waals surface area contributed by atoms with Gasteiger partial charge in [-0.15, -0.1) is 0 Å². The van der Waals surface area contributed by atoms with Gasteiger partial charge >= 0.3 is 0 Å². The van der Waals surface area contributed by atoms with Crippen molar-refractivity contribution < 1.29 is 8.42 Å². The zero-order valence-electron chi connectivity index (χ0n) is 10.1. The lowest BCUT2D eigenvalue weighted by atomic mass is 10.1. The maximum atomic E-state index is 11.6. The van der Waals surface area contributed by atoms with Crippen molar-refractivity contribution >= 4 is 9.84 Å². The van der Waals surface area contributed by atoms with E-state index in [1.807, 2.05) is 0 Å². The van der Waals surface area contributed by atoms with Crippen molar-refractivity contribution in [3.63, 3.8) is 0 Å². The van der Waals surface area contributed by atoms with E-state index in [0.29, 0.717) is 12.1 Å². The molecule has 0 aromatic carbocycles. The molecular weight excluding hydrogens is 224 g/mol. The van der Waals surface area contributed by atoms with Crippen LogP contribution in [0.2, 0.25) is 0 Å². The van der Waals surface area contributed by atoms with E-state index >= 15 is 0 Å². The number of hydrogen-bond donors (Lipinski definition) is 1. The second kappa shape index (κ2) is 4.27. The third kappa shape index (κ3) is 2.13. The third-order valence-electron chi connectivity index (χ3n) is 4.07. The molecule has 2 fully saturated rings. The SMILES string of the molecule is CCC1CCC(C)N1C1CS(=O)(=O)CC1N. The molecule has 2 saturated heterocycles. The fourth-order valence-corrected chi connectivity index (χ4v) is 5.15. The number of likely N-dealkylation sites (tertiary alicyclic amines) is 1. The topological polar surface area (TPSA) is 63.4 Å². The Hall–Kier alpha value is -0.130. The van der Waals surface area contributed by atoms with Crippen molar-refractivity contribution in [1.82, 2.24) is 4.90 Å². The van der Waals surface area contributed by atoms with Crippen LogP contribution in [0, 0.1) is 0 Å². The lowest BCUT2D eigenvalue weighted by molar-refractivity contribution is 0.136. The Morgan fingerprint density at radius 2 is 2.00 bits per heavy atom. The number of nitrogens with two attached hydrogens (primary N) is 1. The first kappa shape index (κ1) is 12.3. The highest BCUT2D eigenvalue weighted by Gasteiger charge is 2.44. The van der Waals surface area contributed by atoms with Gasteiger partial charge in [0, 0.05) is 24.2 Å². The number of sulfone groups is 1. The molecule has 94 valence electrons. The zero-order chi connectivity index (χ0) is 11.9. The maximum Gasteiger partial charge on any atom is 0.153 e. The molecule has 0 bridgehead atoms. The highest BCUT2D eigenvalue weighted by Crippen LogP contribution is 2.31. The molecule has 2 N–H and O–H groups in total. The summed E-state index contributed by atoms with van der Waals surface area (Å²) < 4.78 is 23.2. The van der Waals surface area contributed by atoms with E-state index in [0.717, 1.165) is 6.42 Å². The molecule has 2 rings (SSSR count). The highest BCUT2D eigenvalue weighted by atomic mass is 32.2. The molecule has 0 aliphatic carbocycles. The summed E-state index contributed by atoms with van der Waals surface area (Å²) in [4.78, 5) is 2.37. The van der Waals surface area contributed by atoms with E-state index in [4.69, 9.17) is 5.73 Å². The number of hydrogen-bond acceptors (Lipinski definition) is 4. The minimum absolute atomic E-state index is 0.0486. The summed E-state index contributed by atoms with van der Waals surface area (Å²) in [6.07, 6.45) is 3.44. The maximum absolute atomic E-state index is 11.6. The monoisotopic (exact) mass is 246 g/mol. The molecule has 2 heterocycles. The van der Waals surface area contributed by atoms with Crippen LogP contribution in [0.4, 0.5) is 0 Å². The number of nitrogens with zero attached hydrogens (tertiary/aromatic N) is 1. The quantitative estimate of drug-likeness (QED) is 0.765. The largest absolute Gasteiger partial charge is 0.325 e. The fraction of sp³-hybridized carbons (Fsp3) is 1.00. The van der Waals surface area contributed by atoms with Crippen LogP contribution in [-0.2, 0) is 9.84 Å². The van der Waals surface area contributed by atoms with Crippen LogP contribution in [0.15, 0.2) is 0 Å². The van der Waals surface area contributed by atoms with Gasteiger partial charge in [0.15, 0.2) is 9.84 Å². The van der Waals surface area contributed by atoms with Gasteiger partial charge in [0.25, 0.3) is 0 Å². The van der Waals surface area contributed by atoms with E-state index in [2.05, 4.69) is 18.7 Å². The summed E-state index contributed by atoms with van der Waals surface area (Å²) >= 11 is 0. The summed E-state index contributed by atoms with van der Waals surface area (Å²) in [6, 6.07) is 0.862. The van der Waals surface area contributed by atoms with Gasteiger partial charge < -0.3 is 5.73 Å². The lowest BCUT2D eigenvalue weighted by Gasteiger charge is -2.35. The standard InChI is InChI=1S/C11H22N2O2S/c1-3-9-5-4-8(2)13(9)11-7-16(14,15)6-10(11)12/h8-11H,3-7,12H2,1-2H3. The van der Waals surface area contributed by atoms with E-state index in [1.165, 1.54) is 12.8 Å². The molecule has 16 heavy (non-hydrogen) atoms. The summed E-state index contributed by atoms with van der Waals surface area (Å²) in [5.74, 6) is 0.423. The third-order valence-corrected chi connectivity index (χ3v) is 5.81. The van der Waals surface area contributed by atoms with E-state index in [1.54, 1.807) is 0 Å². The molecule has 5 heteroatoms. The fourth-order valence-electron chi connectivity index (χ4n) is 3.27. The molecule has 4 atom stereocenters. The summed E-state index contributed by atoms with van der Waals surface area (Å²) in [7, 11) is -2.90. The van der Waals surface area contributed by atoms with Gasteiger partial charge in [-0.2, -0.15) is 0 Å². The van der Waals surface area contributed by atoms with Gasteiger partial charge in [0.1, 0.15) is 0 Å². The molecule has 4 unspecified atom stereocenters. The molecule has 0 saturated carbocycles. The normalized spacial score (nSPS) is 43.9. The van der Waals surface area contributed by atoms with Gasteiger partial charge in [0.05, 0.1) is 11.5 Å². The second-order valence-electron chi connectivity index (χ2n) is 5.24. The zero-order valence-corrected chi connectivity index (χ0v) is 10.9. The predicted octanol–water partition coefficient (Wildman–Crippen LogP) is 0.374. The molecule has 2 aliphatic rings. The van der Waals surface area contributed by atoms with Crippen molar-refractivity contribution in [2.75, 3.05) is 11.5 Å². The van der Waals surface area contributed by atoms with Crippen LogP contribution in [0.3, 0.4) is 0 Å². The van der Waals surface area contributed by atoms with Crippen LogP contribution in [0.1, 0.15) is 33.1 Å². The van der Waals surface area contributed by atoms with Crippen LogP contribution in [-0.4, -0.2) is 49.0 Å². The predicted molar refractivity (Wildman–Crippen MR) is 65.0 cm³/mol. The van der Waals surface area contributed by atoms with Crippen LogP contribution < -0.4 is 5.73 Å². The Balaban J connectivity index is 2.18. The van der Waals surface area contributed by atoms with Crippen molar-refractivity contribution in [2.24, 2.45) is 5.73 Å². The average Bonchev–Trinajstić information content (AvgIpc) is 2.66. The van der Waals surface area contributed by atoms with Gasteiger partial charge in [-0.3, -0.25) is 4.90 Å². The van der Waals surface area contributed by atoms with E-state index in [9.17, 15) is 8.42 Å². The van der Waals surface area contributed by atoms with Gasteiger partial charge in [-0.25, -0.2) is 8.42 Å². The summed E-state index contributed by atoms with van der Waals surface area (Å²) in [6.45, 7) is 4.36. The minimum atomic E-state index is -2.90. The Bertz CT molecular complexity index is 355. The molecule has 2 aliphatic heterocycles. The lowest BCUT2D eigenvalue weighted by Crippen LogP contribution is -2.51. The van der Waals surface area contributed by atoms with Gasteiger partial charge in [-0.05, 0) is 26.2 Å². The first-order valence-corrected chi connectivity index (χ1v) is 8.00. The smallest absolute Gasteiger partial charge is 0.153 e. The van der Waals surface area contributed by atoms with Crippen LogP contribution >= 0.6 is 0 Å². The molecule has 0 spiro atoms. The highest BCUT2D eigenvalue weighted by molar-refractivity contribution is 7.91. The van der Waals surface area contributed by atoms with Crippen molar-refractivity contribution in [3.8, 4) is 0 Å². The summed E-state index contributed by atoms with van der Waals surface area (Å²) in [5, 5.41) is 0. The Morgan fingerprint density at radius 1 is 1.31 bits per heavy atom. The first-order chi connectivity index (χ1) is 7.44. The van der Waals surface area contributed by atoms with Gasteiger partial charge in [-0.1, -0.05) is 6.92 Å². The molecule has 0 aromatic rings. The Labute approximate surface area is 98.1 Å². The average molecular weight is 246 g/mol. The van der Waals surface area contributed by atoms with E-state index in [-0.39, 0.29) is 23.6 Å². The van der Waals surface area contributed by atoms with E-state index < -0.39 is 9.84 Å². The Morgan fingerprint density at radius 3 is 2.50 bits per heavy atom. The van der Waals surface area contributed by atoms with Crippen molar-refractivity contribution in [3.05, 3.63) is 0 Å². The number of rotatable bonds is 2.